The summed E-state index contributed by atoms with van der Waals surface area (Å²) < 4.78 is 5.52. The number of aromatic hydroxyl groups is 1. The number of nitriles is 1. The predicted octanol–water partition coefficient (Wildman–Crippen LogP) is 3.88. The molecule has 2 rings (SSSR count). The normalized spacial score (nSPS) is 11.2. The first-order valence-electron chi connectivity index (χ1n) is 7.76. The van der Waals surface area contributed by atoms with Crippen LogP contribution in [0.5, 0.6) is 11.5 Å². The topological polar surface area (TPSA) is 88.5 Å². The molecule has 130 valence electrons. The van der Waals surface area contributed by atoms with Crippen LogP contribution in [0.3, 0.4) is 0 Å². The van der Waals surface area contributed by atoms with E-state index in [4.69, 9.17) is 15.9 Å². The largest absolute Gasteiger partial charge is 0.504 e. The molecule has 0 amide bonds. The lowest BCUT2D eigenvalue weighted by Gasteiger charge is -2.12. The smallest absolute Gasteiger partial charge is 0.161 e. The molecular weight excluding hydrogens is 336 g/mol. The Balaban J connectivity index is 2.32. The number of nitrogens with zero attached hydrogens (tertiary/aromatic N) is 1. The molecule has 0 aliphatic heterocycles. The molecule has 0 fully saturated rings. The Bertz CT molecular complexity index is 770. The zero-order valence-corrected chi connectivity index (χ0v) is 14.8. The number of thioether (sulfide) groups is 1. The number of hydrogen-bond acceptors (Lipinski definition) is 6. The summed E-state index contributed by atoms with van der Waals surface area (Å²) in [5.74, 6) is 6.13. The fourth-order valence-corrected chi connectivity index (χ4v) is 3.11. The van der Waals surface area contributed by atoms with Gasteiger partial charge in [-0.15, -0.1) is 11.8 Å². The maximum atomic E-state index is 10.4. The van der Waals surface area contributed by atoms with E-state index in [1.807, 2.05) is 49.4 Å². The van der Waals surface area contributed by atoms with Gasteiger partial charge in [0.2, 0.25) is 0 Å². The van der Waals surface area contributed by atoms with Gasteiger partial charge in [-0.2, -0.15) is 5.26 Å². The predicted molar refractivity (Wildman–Crippen MR) is 99.0 cm³/mol. The molecule has 0 aliphatic carbocycles. The van der Waals surface area contributed by atoms with E-state index < -0.39 is 0 Å². The summed E-state index contributed by atoms with van der Waals surface area (Å²) in [5, 5.41) is 19.6. The molecule has 0 spiro atoms. The highest BCUT2D eigenvalue weighted by molar-refractivity contribution is 7.98. The molecule has 0 saturated carbocycles. The fraction of sp³-hybridized carbons (Fsp3) is 0.211. The van der Waals surface area contributed by atoms with Crippen LogP contribution in [0.15, 0.2) is 52.9 Å². The Morgan fingerprint density at radius 2 is 2.08 bits per heavy atom. The third-order valence-electron chi connectivity index (χ3n) is 3.34. The Labute approximate surface area is 151 Å². The van der Waals surface area contributed by atoms with Gasteiger partial charge in [0.1, 0.15) is 6.61 Å². The molecule has 0 heterocycles. The molecule has 0 bridgehead atoms. The number of benzene rings is 2. The van der Waals surface area contributed by atoms with Crippen molar-refractivity contribution < 1.29 is 14.7 Å². The monoisotopic (exact) mass is 356 g/mol. The van der Waals surface area contributed by atoms with Gasteiger partial charge in [-0.05, 0) is 42.8 Å². The summed E-state index contributed by atoms with van der Waals surface area (Å²) in [6, 6.07) is 15.5. The van der Waals surface area contributed by atoms with Crippen LogP contribution in [0.4, 0.5) is 0 Å². The zero-order valence-electron chi connectivity index (χ0n) is 13.9. The van der Waals surface area contributed by atoms with E-state index in [1.54, 1.807) is 23.9 Å². The Hall–Kier alpha value is -2.46. The standard InChI is InChI=1S/C19H20N2O3S/c1-2-23-18-10-14(8-15(11-20)12-24-21)9-16(19(18)22)13-25-17-6-4-3-5-7-17/h3-10,22H,2,12-13,21H2,1H3/b15-8+. The van der Waals surface area contributed by atoms with Gasteiger partial charge in [0, 0.05) is 16.2 Å². The molecular formula is C19H20N2O3S. The van der Waals surface area contributed by atoms with Gasteiger partial charge in [0.15, 0.2) is 11.5 Å². The number of phenols is 1. The highest BCUT2D eigenvalue weighted by Gasteiger charge is 2.12. The van der Waals surface area contributed by atoms with Gasteiger partial charge >= 0.3 is 0 Å². The summed E-state index contributed by atoms with van der Waals surface area (Å²) in [6.07, 6.45) is 1.67. The molecule has 5 nitrogen and oxygen atoms in total. The van der Waals surface area contributed by atoms with Crippen LogP contribution in [0, 0.1) is 11.3 Å². The minimum atomic E-state index is 0.0233. The van der Waals surface area contributed by atoms with Crippen molar-refractivity contribution in [1.82, 2.24) is 0 Å². The molecule has 3 N–H and O–H groups in total. The lowest BCUT2D eigenvalue weighted by atomic mass is 10.1. The number of hydrogen-bond donors (Lipinski definition) is 2. The van der Waals surface area contributed by atoms with Gasteiger partial charge in [0.25, 0.3) is 0 Å². The molecule has 0 aromatic heterocycles. The van der Waals surface area contributed by atoms with E-state index in [-0.39, 0.29) is 12.4 Å². The van der Waals surface area contributed by atoms with E-state index >= 15 is 0 Å². The molecule has 0 atom stereocenters. The van der Waals surface area contributed by atoms with Crippen LogP contribution < -0.4 is 10.6 Å². The van der Waals surface area contributed by atoms with E-state index in [0.717, 1.165) is 16.0 Å². The van der Waals surface area contributed by atoms with Crippen LogP contribution in [-0.4, -0.2) is 18.3 Å². The third kappa shape index (κ3) is 5.54. The number of phenolic OH excluding ortho intramolecular Hbond substituents is 1. The average Bonchev–Trinajstić information content (AvgIpc) is 2.63. The van der Waals surface area contributed by atoms with Crippen molar-refractivity contribution in [2.45, 2.75) is 17.6 Å². The van der Waals surface area contributed by atoms with E-state index in [2.05, 4.69) is 4.84 Å². The van der Waals surface area contributed by atoms with Gasteiger partial charge in [-0.1, -0.05) is 18.2 Å². The highest BCUT2D eigenvalue weighted by atomic mass is 32.2. The molecule has 0 saturated heterocycles. The number of nitrogens with two attached hydrogens (primary N) is 1. The molecule has 0 radical (unpaired) electrons. The van der Waals surface area contributed by atoms with Gasteiger partial charge in [-0.25, -0.2) is 5.90 Å². The van der Waals surface area contributed by atoms with Crippen molar-refractivity contribution in [2.75, 3.05) is 13.2 Å². The van der Waals surface area contributed by atoms with Crippen LogP contribution in [-0.2, 0) is 10.6 Å². The average molecular weight is 356 g/mol. The second kappa shape index (κ2) is 9.74. The van der Waals surface area contributed by atoms with Crippen molar-refractivity contribution in [2.24, 2.45) is 5.90 Å². The van der Waals surface area contributed by atoms with Crippen LogP contribution in [0.1, 0.15) is 18.1 Å². The molecule has 25 heavy (non-hydrogen) atoms. The van der Waals surface area contributed by atoms with Crippen molar-refractivity contribution >= 4 is 17.8 Å². The first kappa shape index (κ1) is 18.9. The SMILES string of the molecule is CCOc1cc(/C=C(\C#N)CON)cc(CSc2ccccc2)c1O. The number of rotatable bonds is 8. The molecule has 2 aromatic carbocycles. The van der Waals surface area contributed by atoms with Crippen molar-refractivity contribution in [3.63, 3.8) is 0 Å². The highest BCUT2D eigenvalue weighted by Crippen LogP contribution is 2.36. The number of ether oxygens (including phenoxy) is 1. The summed E-state index contributed by atoms with van der Waals surface area (Å²) in [7, 11) is 0. The molecule has 2 aromatic rings. The van der Waals surface area contributed by atoms with Crippen LogP contribution >= 0.6 is 11.8 Å². The fourth-order valence-electron chi connectivity index (χ4n) is 2.22. The Morgan fingerprint density at radius 3 is 2.72 bits per heavy atom. The first-order valence-corrected chi connectivity index (χ1v) is 8.75. The second-order valence-corrected chi connectivity index (χ2v) is 6.20. The summed E-state index contributed by atoms with van der Waals surface area (Å²) in [4.78, 5) is 5.64. The minimum Gasteiger partial charge on any atom is -0.504 e. The Kier molecular flexibility index (Phi) is 7.36. The van der Waals surface area contributed by atoms with Crippen molar-refractivity contribution in [1.29, 1.82) is 5.26 Å². The lowest BCUT2D eigenvalue weighted by Crippen LogP contribution is -2.02. The molecule has 0 aliphatic rings. The molecule has 6 heteroatoms. The second-order valence-electron chi connectivity index (χ2n) is 5.15. The lowest BCUT2D eigenvalue weighted by molar-refractivity contribution is 0.164. The van der Waals surface area contributed by atoms with E-state index in [0.29, 0.717) is 23.7 Å². The third-order valence-corrected chi connectivity index (χ3v) is 4.40. The van der Waals surface area contributed by atoms with Crippen molar-refractivity contribution in [3.8, 4) is 17.6 Å². The van der Waals surface area contributed by atoms with Crippen LogP contribution in [0.2, 0.25) is 0 Å². The van der Waals surface area contributed by atoms with Crippen LogP contribution in [0.25, 0.3) is 6.08 Å². The first-order chi connectivity index (χ1) is 12.2. The summed E-state index contributed by atoms with van der Waals surface area (Å²) in [5.41, 5.74) is 1.87. The van der Waals surface area contributed by atoms with Gasteiger partial charge < -0.3 is 9.84 Å². The van der Waals surface area contributed by atoms with Gasteiger partial charge in [-0.3, -0.25) is 4.84 Å². The summed E-state index contributed by atoms with van der Waals surface area (Å²) in [6.45, 7) is 2.31. The maximum Gasteiger partial charge on any atom is 0.161 e. The van der Waals surface area contributed by atoms with Crippen molar-refractivity contribution in [3.05, 3.63) is 59.2 Å². The van der Waals surface area contributed by atoms with Gasteiger partial charge in [0.05, 0.1) is 18.2 Å². The van der Waals surface area contributed by atoms with E-state index in [9.17, 15) is 5.11 Å². The maximum absolute atomic E-state index is 10.4. The minimum absolute atomic E-state index is 0.0233. The Morgan fingerprint density at radius 1 is 1.32 bits per heavy atom. The summed E-state index contributed by atoms with van der Waals surface area (Å²) >= 11 is 1.61. The van der Waals surface area contributed by atoms with E-state index in [1.165, 1.54) is 0 Å². The molecule has 0 unspecified atom stereocenters. The zero-order chi connectivity index (χ0) is 18.1. The quantitative estimate of drug-likeness (QED) is 0.424.